The van der Waals surface area contributed by atoms with Gasteiger partial charge in [-0.15, -0.1) is 0 Å². The van der Waals surface area contributed by atoms with Gasteiger partial charge in [0.1, 0.15) is 11.5 Å². The number of esters is 1. The lowest BCUT2D eigenvalue weighted by Crippen LogP contribution is -2.15. The number of rotatable bonds is 7. The van der Waals surface area contributed by atoms with E-state index in [1.54, 1.807) is 32.2 Å². The van der Waals surface area contributed by atoms with Crippen molar-refractivity contribution in [1.29, 1.82) is 0 Å². The largest absolute Gasteiger partial charge is 0.481 e. The van der Waals surface area contributed by atoms with E-state index in [0.29, 0.717) is 28.3 Å². The Kier molecular flexibility index (Phi) is 6.45. The van der Waals surface area contributed by atoms with Crippen LogP contribution in [0.1, 0.15) is 41.2 Å². The third kappa shape index (κ3) is 4.21. The third-order valence-electron chi connectivity index (χ3n) is 5.75. The minimum atomic E-state index is -0.472. The van der Waals surface area contributed by atoms with Gasteiger partial charge in [-0.1, -0.05) is 31.2 Å². The summed E-state index contributed by atoms with van der Waals surface area (Å²) in [4.78, 5) is 17.9. The van der Waals surface area contributed by atoms with Crippen LogP contribution in [0.25, 0.3) is 22.0 Å². The van der Waals surface area contributed by atoms with Crippen LogP contribution in [-0.2, 0) is 17.7 Å². The number of carbonyl (C=O) groups is 1. The average Bonchev–Trinajstić information content (AvgIpc) is 3.13. The van der Waals surface area contributed by atoms with Crippen molar-refractivity contribution in [2.45, 2.75) is 33.7 Å². The normalized spacial score (nSPS) is 11.1. The van der Waals surface area contributed by atoms with E-state index >= 15 is 0 Å². The molecule has 2 aromatic heterocycles. The van der Waals surface area contributed by atoms with E-state index in [2.05, 4.69) is 18.0 Å². The van der Waals surface area contributed by atoms with Crippen LogP contribution in [0.15, 0.2) is 54.6 Å². The summed E-state index contributed by atoms with van der Waals surface area (Å²) in [6.07, 6.45) is 0.839. The Labute approximate surface area is 192 Å². The van der Waals surface area contributed by atoms with Gasteiger partial charge in [0.25, 0.3) is 0 Å². The molecule has 4 aromatic rings. The number of nitrogens with zero attached hydrogens (tertiary/aromatic N) is 2. The molecule has 0 amide bonds. The van der Waals surface area contributed by atoms with Crippen molar-refractivity contribution in [3.05, 3.63) is 82.9 Å². The number of methoxy groups -OCH3 is 1. The molecule has 0 fully saturated rings. The fourth-order valence-corrected chi connectivity index (χ4v) is 4.15. The molecule has 0 radical (unpaired) electrons. The van der Waals surface area contributed by atoms with E-state index in [4.69, 9.17) is 9.47 Å². The molecular weight excluding hydrogens is 419 g/mol. The van der Waals surface area contributed by atoms with Crippen molar-refractivity contribution in [2.24, 2.45) is 0 Å². The summed E-state index contributed by atoms with van der Waals surface area (Å²) in [6.45, 7) is 6.14. The molecule has 0 unspecified atom stereocenters. The van der Waals surface area contributed by atoms with Gasteiger partial charge in [0, 0.05) is 33.3 Å². The molecule has 170 valence electrons. The lowest BCUT2D eigenvalue weighted by atomic mass is 10.0. The van der Waals surface area contributed by atoms with Gasteiger partial charge in [0.15, 0.2) is 0 Å². The average molecular weight is 447 g/mol. The summed E-state index contributed by atoms with van der Waals surface area (Å²) in [5.41, 5.74) is 4.96. The molecule has 0 atom stereocenters. The fourth-order valence-electron chi connectivity index (χ4n) is 4.15. The van der Waals surface area contributed by atoms with Gasteiger partial charge in [0.2, 0.25) is 5.88 Å². The quantitative estimate of drug-likeness (QED) is 0.329. The summed E-state index contributed by atoms with van der Waals surface area (Å²) in [6, 6.07) is 16.5. The summed E-state index contributed by atoms with van der Waals surface area (Å²) < 4.78 is 27.5. The van der Waals surface area contributed by atoms with Gasteiger partial charge in [-0.2, -0.15) is 0 Å². The van der Waals surface area contributed by atoms with Gasteiger partial charge in [-0.05, 0) is 56.2 Å². The molecule has 0 spiro atoms. The maximum Gasteiger partial charge on any atom is 0.355 e. The van der Waals surface area contributed by atoms with Crippen LogP contribution in [0.3, 0.4) is 0 Å². The lowest BCUT2D eigenvalue weighted by Gasteiger charge is -2.13. The van der Waals surface area contributed by atoms with Crippen LogP contribution in [0.2, 0.25) is 0 Å². The standard InChI is InChI=1S/C27H27FN2O3/c1-5-18-12-14-23-21(15-18)24(20-13-11-17(3)29-26(20)32-4)25(27(31)33-6-2)30(23)16-19-9-7-8-10-22(19)28/h7-15H,5-6,16H2,1-4H3. The van der Waals surface area contributed by atoms with Crippen molar-refractivity contribution >= 4 is 16.9 Å². The number of hydrogen-bond donors (Lipinski definition) is 0. The summed E-state index contributed by atoms with van der Waals surface area (Å²) in [5.74, 6) is -0.372. The number of pyridine rings is 1. The Hall–Kier alpha value is -3.67. The zero-order valence-electron chi connectivity index (χ0n) is 19.3. The van der Waals surface area contributed by atoms with Crippen LogP contribution in [0, 0.1) is 12.7 Å². The van der Waals surface area contributed by atoms with Crippen LogP contribution in [-0.4, -0.2) is 29.2 Å². The second-order valence-electron chi connectivity index (χ2n) is 7.84. The fraction of sp³-hybridized carbons (Fsp3) is 0.259. The first-order chi connectivity index (χ1) is 16.0. The van der Waals surface area contributed by atoms with Crippen molar-refractivity contribution in [3.8, 4) is 17.0 Å². The van der Waals surface area contributed by atoms with Crippen molar-refractivity contribution < 1.29 is 18.7 Å². The zero-order chi connectivity index (χ0) is 23.5. The van der Waals surface area contributed by atoms with Crippen LogP contribution in [0.4, 0.5) is 4.39 Å². The molecule has 6 heteroatoms. The molecule has 5 nitrogen and oxygen atoms in total. The monoisotopic (exact) mass is 446 g/mol. The highest BCUT2D eigenvalue weighted by Gasteiger charge is 2.28. The van der Waals surface area contributed by atoms with E-state index < -0.39 is 5.97 Å². The van der Waals surface area contributed by atoms with Crippen LogP contribution >= 0.6 is 0 Å². The number of carbonyl (C=O) groups excluding carboxylic acids is 1. The Bertz CT molecular complexity index is 1330. The maximum absolute atomic E-state index is 14.6. The molecule has 0 N–H and O–H groups in total. The van der Waals surface area contributed by atoms with Gasteiger partial charge < -0.3 is 14.0 Å². The van der Waals surface area contributed by atoms with Gasteiger partial charge >= 0.3 is 5.97 Å². The lowest BCUT2D eigenvalue weighted by molar-refractivity contribution is 0.0516. The zero-order valence-corrected chi connectivity index (χ0v) is 19.3. The second kappa shape index (κ2) is 9.45. The van der Waals surface area contributed by atoms with Crippen LogP contribution in [0.5, 0.6) is 5.88 Å². The molecular formula is C27H27FN2O3. The first-order valence-electron chi connectivity index (χ1n) is 11.1. The second-order valence-corrected chi connectivity index (χ2v) is 7.84. The number of fused-ring (bicyclic) bond motifs is 1. The van der Waals surface area contributed by atoms with Crippen molar-refractivity contribution in [2.75, 3.05) is 13.7 Å². The maximum atomic E-state index is 14.6. The van der Waals surface area contributed by atoms with Gasteiger partial charge in [0.05, 0.1) is 20.3 Å². The number of hydrogen-bond acceptors (Lipinski definition) is 4. The molecule has 0 aliphatic heterocycles. The highest BCUT2D eigenvalue weighted by atomic mass is 19.1. The minimum absolute atomic E-state index is 0.185. The number of benzene rings is 2. The first-order valence-corrected chi connectivity index (χ1v) is 11.1. The van der Waals surface area contributed by atoms with Gasteiger partial charge in [-0.25, -0.2) is 14.2 Å². The number of aryl methyl sites for hydroxylation is 2. The van der Waals surface area contributed by atoms with Crippen molar-refractivity contribution in [1.82, 2.24) is 9.55 Å². The predicted molar refractivity (Wildman–Crippen MR) is 127 cm³/mol. The first kappa shape index (κ1) is 22.5. The van der Waals surface area contributed by atoms with E-state index in [-0.39, 0.29) is 19.0 Å². The molecule has 4 rings (SSSR count). The summed E-state index contributed by atoms with van der Waals surface area (Å²) in [7, 11) is 1.56. The van der Waals surface area contributed by atoms with E-state index in [0.717, 1.165) is 28.6 Å². The summed E-state index contributed by atoms with van der Waals surface area (Å²) >= 11 is 0. The summed E-state index contributed by atoms with van der Waals surface area (Å²) in [5, 5.41) is 0.873. The Morgan fingerprint density at radius 2 is 1.88 bits per heavy atom. The SMILES string of the molecule is CCOC(=O)c1c(-c2ccc(C)nc2OC)c2cc(CC)ccc2n1Cc1ccccc1F. The number of aromatic nitrogens is 2. The topological polar surface area (TPSA) is 53.4 Å². The smallest absolute Gasteiger partial charge is 0.355 e. The molecule has 0 saturated heterocycles. The Balaban J connectivity index is 2.09. The number of ether oxygens (including phenoxy) is 2. The molecule has 0 bridgehead atoms. The Morgan fingerprint density at radius 1 is 1.09 bits per heavy atom. The van der Waals surface area contributed by atoms with E-state index in [1.165, 1.54) is 6.07 Å². The molecule has 2 aromatic carbocycles. The predicted octanol–water partition coefficient (Wildman–Crippen LogP) is 5.95. The molecule has 33 heavy (non-hydrogen) atoms. The van der Waals surface area contributed by atoms with Crippen molar-refractivity contribution in [3.63, 3.8) is 0 Å². The Morgan fingerprint density at radius 3 is 2.58 bits per heavy atom. The van der Waals surface area contributed by atoms with Crippen LogP contribution < -0.4 is 4.74 Å². The number of halogens is 1. The highest BCUT2D eigenvalue weighted by molar-refractivity contribution is 6.09. The third-order valence-corrected chi connectivity index (χ3v) is 5.75. The molecule has 0 aliphatic rings. The molecule has 2 heterocycles. The van der Waals surface area contributed by atoms with E-state index in [1.807, 2.05) is 35.8 Å². The molecule has 0 saturated carbocycles. The van der Waals surface area contributed by atoms with Gasteiger partial charge in [-0.3, -0.25) is 0 Å². The molecule has 0 aliphatic carbocycles. The van der Waals surface area contributed by atoms with E-state index in [9.17, 15) is 9.18 Å². The highest BCUT2D eigenvalue weighted by Crippen LogP contribution is 2.40. The minimum Gasteiger partial charge on any atom is -0.481 e.